The molecule has 1 aliphatic heterocycles. The lowest BCUT2D eigenvalue weighted by molar-refractivity contribution is -0.130. The quantitative estimate of drug-likeness (QED) is 0.838. The number of pyridine rings is 1. The summed E-state index contributed by atoms with van der Waals surface area (Å²) in [6.45, 7) is 5.85. The van der Waals surface area contributed by atoms with E-state index in [0.717, 1.165) is 19.4 Å². The van der Waals surface area contributed by atoms with Crippen molar-refractivity contribution in [1.29, 1.82) is 0 Å². The van der Waals surface area contributed by atoms with Crippen LogP contribution in [-0.2, 0) is 4.79 Å². The second-order valence-corrected chi connectivity index (χ2v) is 6.71. The van der Waals surface area contributed by atoms with Crippen molar-refractivity contribution < 1.29 is 9.59 Å². The van der Waals surface area contributed by atoms with Gasteiger partial charge in [0, 0.05) is 38.8 Å². The standard InChI is InChI=1S/C18H28N4O2/c1-13(2)8-11-22-12-9-14(6-7-16(22)23)21-18(24)15-5-4-10-20-17(15)19-3/h4-5,10,13-14H,6-9,11-12H2,1-3H3,(H,19,20)(H,21,24). The molecule has 1 aromatic rings. The van der Waals surface area contributed by atoms with Gasteiger partial charge in [-0.15, -0.1) is 0 Å². The van der Waals surface area contributed by atoms with Crippen LogP contribution in [0.3, 0.4) is 0 Å². The van der Waals surface area contributed by atoms with Gasteiger partial charge in [-0.25, -0.2) is 4.98 Å². The zero-order valence-corrected chi connectivity index (χ0v) is 14.8. The van der Waals surface area contributed by atoms with Crippen molar-refractivity contribution in [3.05, 3.63) is 23.9 Å². The summed E-state index contributed by atoms with van der Waals surface area (Å²) in [7, 11) is 1.75. The molecule has 1 atom stereocenters. The highest BCUT2D eigenvalue weighted by molar-refractivity contribution is 5.98. The first-order chi connectivity index (χ1) is 11.5. The zero-order chi connectivity index (χ0) is 17.5. The number of carbonyl (C=O) groups is 2. The van der Waals surface area contributed by atoms with Crippen LogP contribution in [0, 0.1) is 5.92 Å². The number of aromatic nitrogens is 1. The lowest BCUT2D eigenvalue weighted by atomic mass is 10.1. The van der Waals surface area contributed by atoms with E-state index < -0.39 is 0 Å². The normalized spacial score (nSPS) is 18.4. The maximum absolute atomic E-state index is 12.5. The van der Waals surface area contributed by atoms with E-state index in [4.69, 9.17) is 0 Å². The maximum atomic E-state index is 12.5. The van der Waals surface area contributed by atoms with Crippen molar-refractivity contribution in [1.82, 2.24) is 15.2 Å². The Morgan fingerprint density at radius 1 is 1.42 bits per heavy atom. The van der Waals surface area contributed by atoms with Gasteiger partial charge in [-0.2, -0.15) is 0 Å². The maximum Gasteiger partial charge on any atom is 0.255 e. The highest BCUT2D eigenvalue weighted by Gasteiger charge is 2.24. The molecule has 0 aliphatic carbocycles. The first-order valence-corrected chi connectivity index (χ1v) is 8.72. The second-order valence-electron chi connectivity index (χ2n) is 6.71. The number of amides is 2. The molecule has 1 aromatic heterocycles. The Morgan fingerprint density at radius 3 is 2.92 bits per heavy atom. The van der Waals surface area contributed by atoms with E-state index in [-0.39, 0.29) is 17.9 Å². The minimum atomic E-state index is -0.138. The lowest BCUT2D eigenvalue weighted by Gasteiger charge is -2.22. The fourth-order valence-corrected chi connectivity index (χ4v) is 2.88. The molecule has 2 amide bonds. The largest absolute Gasteiger partial charge is 0.372 e. The summed E-state index contributed by atoms with van der Waals surface area (Å²) in [6, 6.07) is 3.53. The first kappa shape index (κ1) is 18.2. The van der Waals surface area contributed by atoms with E-state index in [9.17, 15) is 9.59 Å². The number of nitrogens with one attached hydrogen (secondary N) is 2. The predicted octanol–water partition coefficient (Wildman–Crippen LogP) is 2.28. The molecule has 0 bridgehead atoms. The third kappa shape index (κ3) is 4.94. The van der Waals surface area contributed by atoms with Crippen LogP contribution < -0.4 is 10.6 Å². The second kappa shape index (κ2) is 8.66. The zero-order valence-electron chi connectivity index (χ0n) is 14.8. The third-order valence-corrected chi connectivity index (χ3v) is 4.41. The van der Waals surface area contributed by atoms with Crippen LogP contribution in [-0.4, -0.2) is 47.9 Å². The molecule has 0 radical (unpaired) electrons. The molecule has 2 N–H and O–H groups in total. The van der Waals surface area contributed by atoms with Gasteiger partial charge >= 0.3 is 0 Å². The molecule has 1 fully saturated rings. The minimum Gasteiger partial charge on any atom is -0.372 e. The Hall–Kier alpha value is -2.11. The minimum absolute atomic E-state index is 0.0235. The Bertz CT molecular complexity index is 574. The van der Waals surface area contributed by atoms with Gasteiger partial charge in [-0.3, -0.25) is 9.59 Å². The summed E-state index contributed by atoms with van der Waals surface area (Å²) in [5.41, 5.74) is 0.534. The van der Waals surface area contributed by atoms with E-state index in [1.165, 1.54) is 0 Å². The Balaban J connectivity index is 1.94. The first-order valence-electron chi connectivity index (χ1n) is 8.72. The van der Waals surface area contributed by atoms with Gasteiger partial charge in [0.25, 0.3) is 5.91 Å². The molecule has 24 heavy (non-hydrogen) atoms. The Labute approximate surface area is 144 Å². The summed E-state index contributed by atoms with van der Waals surface area (Å²) in [4.78, 5) is 30.8. The summed E-state index contributed by atoms with van der Waals surface area (Å²) in [6.07, 6.45) is 4.65. The number of nitrogens with zero attached hydrogens (tertiary/aromatic N) is 2. The van der Waals surface area contributed by atoms with Crippen molar-refractivity contribution in [2.75, 3.05) is 25.5 Å². The molecule has 2 rings (SSSR count). The number of likely N-dealkylation sites (tertiary alicyclic amines) is 1. The van der Waals surface area contributed by atoms with Gasteiger partial charge in [0.05, 0.1) is 5.56 Å². The lowest BCUT2D eigenvalue weighted by Crippen LogP contribution is -2.36. The smallest absolute Gasteiger partial charge is 0.255 e. The summed E-state index contributed by atoms with van der Waals surface area (Å²) in [5, 5.41) is 5.99. The highest BCUT2D eigenvalue weighted by Crippen LogP contribution is 2.16. The van der Waals surface area contributed by atoms with Crippen molar-refractivity contribution in [3.8, 4) is 0 Å². The number of hydrogen-bond acceptors (Lipinski definition) is 4. The number of carbonyl (C=O) groups excluding carboxylic acids is 2. The Morgan fingerprint density at radius 2 is 2.21 bits per heavy atom. The molecule has 6 nitrogen and oxygen atoms in total. The van der Waals surface area contributed by atoms with Crippen molar-refractivity contribution in [3.63, 3.8) is 0 Å². The van der Waals surface area contributed by atoms with Crippen molar-refractivity contribution in [2.45, 2.75) is 45.6 Å². The van der Waals surface area contributed by atoms with E-state index in [2.05, 4.69) is 29.5 Å². The van der Waals surface area contributed by atoms with Crippen LogP contribution in [0.1, 0.15) is 49.9 Å². The average Bonchev–Trinajstić information content (AvgIpc) is 2.75. The van der Waals surface area contributed by atoms with Crippen LogP contribution in [0.5, 0.6) is 0 Å². The molecule has 1 unspecified atom stereocenters. The van der Waals surface area contributed by atoms with Gasteiger partial charge in [0.1, 0.15) is 5.82 Å². The average molecular weight is 332 g/mol. The topological polar surface area (TPSA) is 74.3 Å². The van der Waals surface area contributed by atoms with Gasteiger partial charge in [0.2, 0.25) is 5.91 Å². The summed E-state index contributed by atoms with van der Waals surface area (Å²) in [5.74, 6) is 1.21. The molecule has 0 spiro atoms. The van der Waals surface area contributed by atoms with Crippen molar-refractivity contribution >= 4 is 17.6 Å². The van der Waals surface area contributed by atoms with Crippen LogP contribution in [0.15, 0.2) is 18.3 Å². The van der Waals surface area contributed by atoms with Gasteiger partial charge in [0.15, 0.2) is 0 Å². The van der Waals surface area contributed by atoms with Gasteiger partial charge in [-0.05, 0) is 37.3 Å². The highest BCUT2D eigenvalue weighted by atomic mass is 16.2. The molecule has 1 aliphatic rings. The fourth-order valence-electron chi connectivity index (χ4n) is 2.88. The predicted molar refractivity (Wildman–Crippen MR) is 94.9 cm³/mol. The molecule has 0 saturated carbocycles. The Kier molecular flexibility index (Phi) is 6.58. The fraction of sp³-hybridized carbons (Fsp3) is 0.611. The van der Waals surface area contributed by atoms with E-state index in [0.29, 0.717) is 36.7 Å². The molecule has 6 heteroatoms. The molecule has 132 valence electrons. The van der Waals surface area contributed by atoms with E-state index in [1.807, 2.05) is 4.90 Å². The van der Waals surface area contributed by atoms with Crippen LogP contribution in [0.25, 0.3) is 0 Å². The van der Waals surface area contributed by atoms with Crippen LogP contribution in [0.4, 0.5) is 5.82 Å². The molecule has 2 heterocycles. The SMILES string of the molecule is CNc1ncccc1C(=O)NC1CCC(=O)N(CCC(C)C)CC1. The van der Waals surface area contributed by atoms with Crippen molar-refractivity contribution in [2.24, 2.45) is 5.92 Å². The van der Waals surface area contributed by atoms with E-state index >= 15 is 0 Å². The molecular weight excluding hydrogens is 304 g/mol. The molecule has 1 saturated heterocycles. The number of anilines is 1. The van der Waals surface area contributed by atoms with Gasteiger partial charge < -0.3 is 15.5 Å². The third-order valence-electron chi connectivity index (χ3n) is 4.41. The number of rotatable bonds is 6. The summed E-state index contributed by atoms with van der Waals surface area (Å²) < 4.78 is 0. The monoisotopic (exact) mass is 332 g/mol. The molecule has 0 aromatic carbocycles. The summed E-state index contributed by atoms with van der Waals surface area (Å²) >= 11 is 0. The van der Waals surface area contributed by atoms with E-state index in [1.54, 1.807) is 25.4 Å². The van der Waals surface area contributed by atoms with Crippen LogP contribution in [0.2, 0.25) is 0 Å². The van der Waals surface area contributed by atoms with Crippen LogP contribution >= 0.6 is 0 Å². The molecular formula is C18H28N4O2. The van der Waals surface area contributed by atoms with Gasteiger partial charge in [-0.1, -0.05) is 13.8 Å². The number of hydrogen-bond donors (Lipinski definition) is 2.